The summed E-state index contributed by atoms with van der Waals surface area (Å²) in [6.07, 6.45) is 0.777. The van der Waals surface area contributed by atoms with E-state index >= 15 is 0 Å². The molecule has 8 nitrogen and oxygen atoms in total. The second-order valence-electron chi connectivity index (χ2n) is 10.5. The van der Waals surface area contributed by atoms with Crippen molar-refractivity contribution in [2.75, 3.05) is 7.11 Å². The smallest absolute Gasteiger partial charge is 0.253 e. The maximum atomic E-state index is 13.8. The molecule has 5 aromatic rings. The number of ether oxygens (including phenoxy) is 1. The first-order valence-electron chi connectivity index (χ1n) is 13.3. The van der Waals surface area contributed by atoms with E-state index in [4.69, 9.17) is 4.74 Å². The molecular weight excluding hydrogens is 507 g/mol. The molecule has 2 heterocycles. The van der Waals surface area contributed by atoms with E-state index in [2.05, 4.69) is 46.2 Å². The van der Waals surface area contributed by atoms with Crippen molar-refractivity contribution in [3.05, 3.63) is 118 Å². The molecular formula is C31H33FN6O2. The minimum Gasteiger partial charge on any atom is -0.497 e. The number of methoxy groups -OCH3 is 1. The first-order chi connectivity index (χ1) is 19.3. The van der Waals surface area contributed by atoms with Crippen molar-refractivity contribution in [3.63, 3.8) is 0 Å². The quantitative estimate of drug-likeness (QED) is 0.248. The van der Waals surface area contributed by atoms with E-state index in [1.54, 1.807) is 19.2 Å². The zero-order chi connectivity index (χ0) is 28.3. The Morgan fingerprint density at radius 1 is 1.00 bits per heavy atom. The summed E-state index contributed by atoms with van der Waals surface area (Å²) >= 11 is 0. The van der Waals surface area contributed by atoms with E-state index in [0.717, 1.165) is 22.9 Å². The van der Waals surface area contributed by atoms with Gasteiger partial charge in [0, 0.05) is 29.6 Å². The van der Waals surface area contributed by atoms with Crippen molar-refractivity contribution >= 4 is 10.9 Å². The summed E-state index contributed by atoms with van der Waals surface area (Å²) in [5.74, 6) is 0.938. The van der Waals surface area contributed by atoms with E-state index in [1.165, 1.54) is 12.1 Å². The van der Waals surface area contributed by atoms with Crippen LogP contribution >= 0.6 is 0 Å². The van der Waals surface area contributed by atoms with Gasteiger partial charge in [-0.3, -0.25) is 9.69 Å². The van der Waals surface area contributed by atoms with Crippen LogP contribution in [0.2, 0.25) is 0 Å². The number of aromatic amines is 1. The number of rotatable bonds is 10. The van der Waals surface area contributed by atoms with Gasteiger partial charge in [0.25, 0.3) is 5.56 Å². The molecule has 0 fully saturated rings. The highest BCUT2D eigenvalue weighted by Gasteiger charge is 2.34. The number of nitrogens with one attached hydrogen (secondary N) is 1. The molecule has 0 saturated carbocycles. The molecule has 1 N–H and O–H groups in total. The molecule has 0 aliphatic heterocycles. The predicted octanol–water partition coefficient (Wildman–Crippen LogP) is 5.60. The molecule has 40 heavy (non-hydrogen) atoms. The number of tetrazole rings is 1. The fraction of sp³-hybridized carbons (Fsp3) is 0.290. The topological polar surface area (TPSA) is 88.9 Å². The van der Waals surface area contributed by atoms with Crippen LogP contribution in [-0.2, 0) is 18.6 Å². The Labute approximate surface area is 232 Å². The average molecular weight is 541 g/mol. The number of halogens is 1. The second kappa shape index (κ2) is 11.4. The molecule has 0 spiro atoms. The van der Waals surface area contributed by atoms with Crippen molar-refractivity contribution in [1.82, 2.24) is 30.1 Å². The Morgan fingerprint density at radius 3 is 2.38 bits per heavy atom. The third-order valence-corrected chi connectivity index (χ3v) is 7.44. The molecule has 2 aromatic heterocycles. The summed E-state index contributed by atoms with van der Waals surface area (Å²) in [6.45, 7) is 7.14. The van der Waals surface area contributed by atoms with Gasteiger partial charge in [-0.15, -0.1) is 5.10 Å². The fourth-order valence-electron chi connectivity index (χ4n) is 4.86. The Balaban J connectivity index is 1.74. The van der Waals surface area contributed by atoms with E-state index in [9.17, 15) is 9.18 Å². The summed E-state index contributed by atoms with van der Waals surface area (Å²) in [5.41, 5.74) is 2.52. The van der Waals surface area contributed by atoms with Crippen molar-refractivity contribution < 1.29 is 9.13 Å². The van der Waals surface area contributed by atoms with Crippen LogP contribution in [0, 0.1) is 5.82 Å². The molecule has 0 radical (unpaired) electrons. The molecule has 206 valence electrons. The lowest BCUT2D eigenvalue weighted by Gasteiger charge is -2.33. The normalized spacial score (nSPS) is 12.7. The van der Waals surface area contributed by atoms with Crippen molar-refractivity contribution in [1.29, 1.82) is 0 Å². The van der Waals surface area contributed by atoms with Gasteiger partial charge in [0.1, 0.15) is 17.6 Å². The average Bonchev–Trinajstić information content (AvgIpc) is 3.45. The van der Waals surface area contributed by atoms with Crippen LogP contribution in [0.15, 0.2) is 83.7 Å². The zero-order valence-electron chi connectivity index (χ0n) is 23.1. The van der Waals surface area contributed by atoms with E-state index in [0.29, 0.717) is 35.7 Å². The van der Waals surface area contributed by atoms with Gasteiger partial charge in [-0.05, 0) is 78.2 Å². The van der Waals surface area contributed by atoms with Crippen LogP contribution in [0.5, 0.6) is 5.75 Å². The van der Waals surface area contributed by atoms with Gasteiger partial charge < -0.3 is 9.72 Å². The van der Waals surface area contributed by atoms with Crippen molar-refractivity contribution in [3.8, 4) is 5.75 Å². The lowest BCUT2D eigenvalue weighted by molar-refractivity contribution is 0.180. The molecule has 9 heteroatoms. The highest BCUT2D eigenvalue weighted by Crippen LogP contribution is 2.33. The number of H-pyrrole nitrogens is 1. The maximum Gasteiger partial charge on any atom is 0.253 e. The number of nitrogens with zero attached hydrogens (tertiary/aromatic N) is 5. The molecule has 0 aliphatic rings. The number of hydrogen-bond donors (Lipinski definition) is 1. The SMILES string of the molecule is CCC(C)(C)n1nnnc1C(c1cc2cc(OC)ccc2[nH]c1=O)N(Cc1ccccc1)Cc1ccc(F)cc1. The number of aromatic nitrogens is 5. The lowest BCUT2D eigenvalue weighted by Crippen LogP contribution is -2.38. The van der Waals surface area contributed by atoms with Crippen molar-refractivity contribution in [2.24, 2.45) is 0 Å². The van der Waals surface area contributed by atoms with Gasteiger partial charge in [0.2, 0.25) is 0 Å². The molecule has 1 atom stereocenters. The van der Waals surface area contributed by atoms with Gasteiger partial charge >= 0.3 is 0 Å². The summed E-state index contributed by atoms with van der Waals surface area (Å²) < 4.78 is 21.1. The largest absolute Gasteiger partial charge is 0.497 e. The third kappa shape index (κ3) is 5.65. The molecule has 1 unspecified atom stereocenters. The Bertz CT molecular complexity index is 1650. The molecule has 0 amide bonds. The standard InChI is InChI=1S/C31H33FN6O2/c1-5-31(2,3)38-29(34-35-36-38)28(26-18-23-17-25(40-4)15-16-27(23)33-30(26)39)37(19-21-9-7-6-8-10-21)20-22-11-13-24(32)14-12-22/h6-18,28H,5,19-20H2,1-4H3,(H,33,39). The Hall–Kier alpha value is -4.37. The van der Waals surface area contributed by atoms with E-state index in [-0.39, 0.29) is 11.4 Å². The highest BCUT2D eigenvalue weighted by molar-refractivity contribution is 5.80. The second-order valence-corrected chi connectivity index (χ2v) is 10.5. The number of hydrogen-bond acceptors (Lipinski definition) is 6. The van der Waals surface area contributed by atoms with Gasteiger partial charge in [-0.25, -0.2) is 9.07 Å². The van der Waals surface area contributed by atoms with E-state index in [1.807, 2.05) is 59.3 Å². The molecule has 0 aliphatic carbocycles. The summed E-state index contributed by atoms with van der Waals surface area (Å²) in [5, 5.41) is 13.8. The van der Waals surface area contributed by atoms with E-state index < -0.39 is 11.6 Å². The minimum absolute atomic E-state index is 0.233. The lowest BCUT2D eigenvalue weighted by atomic mass is 9.98. The first kappa shape index (κ1) is 27.2. The summed E-state index contributed by atoms with van der Waals surface area (Å²) in [4.78, 5) is 19.0. The monoisotopic (exact) mass is 540 g/mol. The van der Waals surface area contributed by atoms with Gasteiger partial charge in [-0.2, -0.15) is 0 Å². The molecule has 0 bridgehead atoms. The molecule has 5 rings (SSSR count). The summed E-state index contributed by atoms with van der Waals surface area (Å²) in [7, 11) is 1.61. The highest BCUT2D eigenvalue weighted by atomic mass is 19.1. The van der Waals surface area contributed by atoms with Crippen LogP contribution in [0.3, 0.4) is 0 Å². The molecule has 3 aromatic carbocycles. The number of benzene rings is 3. The zero-order valence-corrected chi connectivity index (χ0v) is 23.1. The predicted molar refractivity (Wildman–Crippen MR) is 152 cm³/mol. The van der Waals surface area contributed by atoms with Crippen LogP contribution in [0.1, 0.15) is 55.7 Å². The van der Waals surface area contributed by atoms with Crippen LogP contribution in [0.4, 0.5) is 4.39 Å². The van der Waals surface area contributed by atoms with Crippen LogP contribution in [-0.4, -0.2) is 37.2 Å². The summed E-state index contributed by atoms with van der Waals surface area (Å²) in [6, 6.07) is 23.3. The maximum absolute atomic E-state index is 13.8. The van der Waals surface area contributed by atoms with Gasteiger partial charge in [0.05, 0.1) is 12.6 Å². The fourth-order valence-corrected chi connectivity index (χ4v) is 4.86. The van der Waals surface area contributed by atoms with Crippen molar-refractivity contribution in [2.45, 2.75) is 51.9 Å². The third-order valence-electron chi connectivity index (χ3n) is 7.44. The van der Waals surface area contributed by atoms with Gasteiger partial charge in [-0.1, -0.05) is 49.4 Å². The van der Waals surface area contributed by atoms with Crippen LogP contribution < -0.4 is 10.3 Å². The first-order valence-corrected chi connectivity index (χ1v) is 13.3. The van der Waals surface area contributed by atoms with Crippen LogP contribution in [0.25, 0.3) is 10.9 Å². The van der Waals surface area contributed by atoms with Gasteiger partial charge in [0.15, 0.2) is 5.82 Å². The Morgan fingerprint density at radius 2 is 1.70 bits per heavy atom. The Kier molecular flexibility index (Phi) is 7.75. The minimum atomic E-state index is -0.620. The number of fused-ring (bicyclic) bond motifs is 1. The molecule has 0 saturated heterocycles. The number of pyridine rings is 1.